The van der Waals surface area contributed by atoms with Crippen LogP contribution in [0.2, 0.25) is 0 Å². The normalized spacial score (nSPS) is 18.2. The lowest BCUT2D eigenvalue weighted by Gasteiger charge is -2.36. The average Bonchev–Trinajstić information content (AvgIpc) is 3.15. The number of hydrogen-bond donors (Lipinski definition) is 0. The van der Waals surface area contributed by atoms with Crippen LogP contribution in [0, 0.1) is 0 Å². The maximum Gasteiger partial charge on any atom is 0.227 e. The van der Waals surface area contributed by atoms with Gasteiger partial charge in [0.2, 0.25) is 15.0 Å². The van der Waals surface area contributed by atoms with Gasteiger partial charge in [-0.15, -0.1) is 0 Å². The van der Waals surface area contributed by atoms with Gasteiger partial charge in [-0.05, 0) is 44.4 Å². The highest BCUT2D eigenvalue weighted by molar-refractivity contribution is 7.91. The SMILES string of the molecule is CCS(=O)(=O)c1ncc(CN2CCCC[C@@H]2CCc2ccccn2)n1CCOC. The minimum atomic E-state index is -3.37. The van der Waals surface area contributed by atoms with E-state index in [4.69, 9.17) is 4.74 Å². The Hall–Kier alpha value is -1.77. The molecule has 0 spiro atoms. The Kier molecular flexibility index (Phi) is 7.80. The molecule has 1 aliphatic rings. The van der Waals surface area contributed by atoms with E-state index in [1.165, 1.54) is 19.3 Å². The van der Waals surface area contributed by atoms with E-state index in [-0.39, 0.29) is 10.9 Å². The van der Waals surface area contributed by atoms with Crippen LogP contribution in [0.4, 0.5) is 0 Å². The minimum absolute atomic E-state index is 0.0485. The first-order valence-electron chi connectivity index (χ1n) is 10.4. The third-order valence-electron chi connectivity index (χ3n) is 5.65. The summed E-state index contributed by atoms with van der Waals surface area (Å²) in [5.74, 6) is 0.0485. The van der Waals surface area contributed by atoms with Gasteiger partial charge < -0.3 is 9.30 Å². The first-order valence-corrected chi connectivity index (χ1v) is 12.1. The molecule has 3 heterocycles. The van der Waals surface area contributed by atoms with Crippen molar-refractivity contribution >= 4 is 9.84 Å². The molecular weight excluding hydrogens is 388 g/mol. The molecular formula is C21H32N4O3S. The van der Waals surface area contributed by atoms with E-state index in [1.54, 1.807) is 20.2 Å². The Morgan fingerprint density at radius 3 is 2.83 bits per heavy atom. The van der Waals surface area contributed by atoms with E-state index in [9.17, 15) is 8.42 Å². The zero-order chi connectivity index (χ0) is 20.7. The van der Waals surface area contributed by atoms with Crippen molar-refractivity contribution in [2.45, 2.75) is 63.3 Å². The molecule has 0 radical (unpaired) electrons. The van der Waals surface area contributed by atoms with E-state index in [0.717, 1.165) is 30.8 Å². The van der Waals surface area contributed by atoms with Gasteiger partial charge >= 0.3 is 0 Å². The highest BCUT2D eigenvalue weighted by Gasteiger charge is 2.26. The number of imidazole rings is 1. The summed E-state index contributed by atoms with van der Waals surface area (Å²) in [4.78, 5) is 11.2. The quantitative estimate of drug-likeness (QED) is 0.588. The molecule has 0 N–H and O–H groups in total. The van der Waals surface area contributed by atoms with Crippen LogP contribution in [0.5, 0.6) is 0 Å². The highest BCUT2D eigenvalue weighted by atomic mass is 32.2. The van der Waals surface area contributed by atoms with Gasteiger partial charge in [0.05, 0.1) is 24.3 Å². The van der Waals surface area contributed by atoms with Gasteiger partial charge in [0.1, 0.15) is 0 Å². The summed E-state index contributed by atoms with van der Waals surface area (Å²) in [5, 5.41) is 0.161. The van der Waals surface area contributed by atoms with E-state index in [0.29, 0.717) is 25.7 Å². The molecule has 1 atom stereocenters. The number of pyridine rings is 1. The predicted octanol–water partition coefficient (Wildman–Crippen LogP) is 2.71. The fourth-order valence-corrected chi connectivity index (χ4v) is 5.00. The van der Waals surface area contributed by atoms with E-state index in [2.05, 4.69) is 20.9 Å². The molecule has 160 valence electrons. The van der Waals surface area contributed by atoms with Crippen LogP contribution < -0.4 is 0 Å². The van der Waals surface area contributed by atoms with Gasteiger partial charge in [-0.25, -0.2) is 13.4 Å². The summed E-state index contributed by atoms with van der Waals surface area (Å²) in [6.07, 6.45) is 9.16. The molecule has 0 unspecified atom stereocenters. The third-order valence-corrected chi connectivity index (χ3v) is 7.30. The van der Waals surface area contributed by atoms with Crippen LogP contribution in [0.3, 0.4) is 0 Å². The lowest BCUT2D eigenvalue weighted by molar-refractivity contribution is 0.126. The second-order valence-corrected chi connectivity index (χ2v) is 9.73. The maximum atomic E-state index is 12.5. The lowest BCUT2D eigenvalue weighted by atomic mass is 9.97. The number of piperidine rings is 1. The Morgan fingerprint density at radius 1 is 1.24 bits per heavy atom. The second-order valence-electron chi connectivity index (χ2n) is 7.56. The van der Waals surface area contributed by atoms with Crippen LogP contribution in [0.15, 0.2) is 35.7 Å². The molecule has 3 rings (SSSR count). The Labute approximate surface area is 174 Å². The van der Waals surface area contributed by atoms with Crippen molar-refractivity contribution in [1.29, 1.82) is 0 Å². The van der Waals surface area contributed by atoms with Gasteiger partial charge in [-0.2, -0.15) is 0 Å². The fourth-order valence-electron chi connectivity index (χ4n) is 3.98. The molecule has 0 amide bonds. The van der Waals surface area contributed by atoms with Crippen molar-refractivity contribution in [3.05, 3.63) is 42.0 Å². The molecule has 29 heavy (non-hydrogen) atoms. The average molecular weight is 421 g/mol. The molecule has 7 nitrogen and oxygen atoms in total. The van der Waals surface area contributed by atoms with Crippen molar-refractivity contribution in [2.75, 3.05) is 26.0 Å². The van der Waals surface area contributed by atoms with Crippen LogP contribution in [0.1, 0.15) is 44.0 Å². The Bertz CT molecular complexity index is 867. The number of aryl methyl sites for hydroxylation is 1. The summed E-state index contributed by atoms with van der Waals surface area (Å²) < 4.78 is 32.0. The third kappa shape index (κ3) is 5.65. The molecule has 2 aromatic rings. The summed E-state index contributed by atoms with van der Waals surface area (Å²) in [6.45, 7) is 4.34. The summed E-state index contributed by atoms with van der Waals surface area (Å²) in [7, 11) is -1.74. The second kappa shape index (κ2) is 10.3. The number of hydrogen-bond acceptors (Lipinski definition) is 6. The van der Waals surface area contributed by atoms with Crippen molar-refractivity contribution < 1.29 is 13.2 Å². The predicted molar refractivity (Wildman–Crippen MR) is 112 cm³/mol. The summed E-state index contributed by atoms with van der Waals surface area (Å²) in [5.41, 5.74) is 2.07. The highest BCUT2D eigenvalue weighted by Crippen LogP contribution is 2.24. The van der Waals surface area contributed by atoms with E-state index in [1.807, 2.05) is 22.9 Å². The number of likely N-dealkylation sites (tertiary alicyclic amines) is 1. The van der Waals surface area contributed by atoms with Crippen LogP contribution >= 0.6 is 0 Å². The van der Waals surface area contributed by atoms with Gasteiger partial charge in [-0.3, -0.25) is 9.88 Å². The number of rotatable bonds is 10. The zero-order valence-electron chi connectivity index (χ0n) is 17.5. The minimum Gasteiger partial charge on any atom is -0.383 e. The summed E-state index contributed by atoms with van der Waals surface area (Å²) in [6, 6.07) is 6.53. The molecule has 0 bridgehead atoms. The first kappa shape index (κ1) is 21.9. The largest absolute Gasteiger partial charge is 0.383 e. The van der Waals surface area contributed by atoms with Gasteiger partial charge in [0.15, 0.2) is 0 Å². The van der Waals surface area contributed by atoms with Crippen molar-refractivity contribution in [1.82, 2.24) is 19.4 Å². The molecule has 2 aromatic heterocycles. The molecule has 8 heteroatoms. The maximum absolute atomic E-state index is 12.5. The van der Waals surface area contributed by atoms with Crippen molar-refractivity contribution in [2.24, 2.45) is 0 Å². The van der Waals surface area contributed by atoms with Gasteiger partial charge in [-0.1, -0.05) is 19.4 Å². The molecule has 1 fully saturated rings. The fraction of sp³-hybridized carbons (Fsp3) is 0.619. The molecule has 1 aliphatic heterocycles. The zero-order valence-corrected chi connectivity index (χ0v) is 18.3. The number of sulfone groups is 1. The number of nitrogens with zero attached hydrogens (tertiary/aromatic N) is 4. The molecule has 0 aliphatic carbocycles. The topological polar surface area (TPSA) is 77.3 Å². The first-order chi connectivity index (χ1) is 14.0. The van der Waals surface area contributed by atoms with Gasteiger partial charge in [0.25, 0.3) is 0 Å². The van der Waals surface area contributed by atoms with Crippen molar-refractivity contribution in [3.8, 4) is 0 Å². The smallest absolute Gasteiger partial charge is 0.227 e. The Balaban J connectivity index is 1.75. The Morgan fingerprint density at radius 2 is 2.10 bits per heavy atom. The molecule has 1 saturated heterocycles. The van der Waals surface area contributed by atoms with Gasteiger partial charge in [0, 0.05) is 38.1 Å². The summed E-state index contributed by atoms with van der Waals surface area (Å²) >= 11 is 0. The molecule has 0 saturated carbocycles. The molecule has 0 aromatic carbocycles. The van der Waals surface area contributed by atoms with E-state index < -0.39 is 9.84 Å². The monoisotopic (exact) mass is 420 g/mol. The van der Waals surface area contributed by atoms with Crippen LogP contribution in [0.25, 0.3) is 0 Å². The van der Waals surface area contributed by atoms with Crippen molar-refractivity contribution in [3.63, 3.8) is 0 Å². The lowest BCUT2D eigenvalue weighted by Crippen LogP contribution is -2.39. The number of methoxy groups -OCH3 is 1. The number of aromatic nitrogens is 3. The van der Waals surface area contributed by atoms with Crippen LogP contribution in [-0.2, 0) is 34.1 Å². The van der Waals surface area contributed by atoms with E-state index >= 15 is 0 Å². The standard InChI is InChI=1S/C21H32N4O3S/c1-3-29(26,27)21-23-16-20(25(21)14-15-28-2)17-24-13-7-5-9-19(24)11-10-18-8-4-6-12-22-18/h4,6,8,12,16,19H,3,5,7,9-11,13-15,17H2,1-2H3/t19-/m1/s1. The number of ether oxygens (including phenoxy) is 1. The van der Waals surface area contributed by atoms with Crippen LogP contribution in [-0.4, -0.2) is 59.9 Å².